The molecule has 19 heavy (non-hydrogen) atoms. The van der Waals surface area contributed by atoms with Gasteiger partial charge < -0.3 is 14.8 Å². The molecule has 3 nitrogen and oxygen atoms in total. The van der Waals surface area contributed by atoms with E-state index in [-0.39, 0.29) is 5.75 Å². The minimum absolute atomic E-state index is 0.213. The number of hydrogen-bond acceptors (Lipinski definition) is 2. The highest BCUT2D eigenvalue weighted by atomic mass is 16.5. The minimum atomic E-state index is 0.213. The quantitative estimate of drug-likeness (QED) is 0.746. The lowest BCUT2D eigenvalue weighted by Gasteiger charge is -2.04. The van der Waals surface area contributed by atoms with Crippen molar-refractivity contribution in [3.05, 3.63) is 59.8 Å². The van der Waals surface area contributed by atoms with Crippen LogP contribution in [0.2, 0.25) is 0 Å². The molecule has 0 aliphatic heterocycles. The van der Waals surface area contributed by atoms with Crippen LogP contribution < -0.4 is 4.74 Å². The molecule has 0 aliphatic rings. The van der Waals surface area contributed by atoms with Crippen molar-refractivity contribution < 1.29 is 9.84 Å². The highest BCUT2D eigenvalue weighted by Crippen LogP contribution is 2.22. The molecule has 3 rings (SSSR count). The molecular formula is C16H15NO2. The number of aromatic amines is 1. The Bertz CT molecular complexity index is 716. The van der Waals surface area contributed by atoms with Gasteiger partial charge in [0, 0.05) is 17.0 Å². The van der Waals surface area contributed by atoms with E-state index in [1.165, 1.54) is 10.9 Å². The summed E-state index contributed by atoms with van der Waals surface area (Å²) in [5.74, 6) is 0.875. The van der Waals surface area contributed by atoms with Crippen molar-refractivity contribution in [1.82, 2.24) is 4.98 Å². The fourth-order valence-electron chi connectivity index (χ4n) is 2.18. The molecule has 96 valence electrons. The Kier molecular flexibility index (Phi) is 2.88. The van der Waals surface area contributed by atoms with Gasteiger partial charge in [-0.1, -0.05) is 18.2 Å². The lowest BCUT2D eigenvalue weighted by Crippen LogP contribution is -1.94. The van der Waals surface area contributed by atoms with Crippen molar-refractivity contribution in [2.75, 3.05) is 0 Å². The lowest BCUT2D eigenvalue weighted by atomic mass is 10.1. The first-order chi connectivity index (χ1) is 9.22. The molecule has 2 aromatic carbocycles. The number of rotatable bonds is 3. The lowest BCUT2D eigenvalue weighted by molar-refractivity contribution is 0.300. The number of nitrogens with one attached hydrogen (secondary N) is 1. The van der Waals surface area contributed by atoms with Gasteiger partial charge in [0.1, 0.15) is 18.1 Å². The predicted molar refractivity (Wildman–Crippen MR) is 75.5 cm³/mol. The van der Waals surface area contributed by atoms with Crippen LogP contribution in [-0.4, -0.2) is 10.1 Å². The highest BCUT2D eigenvalue weighted by molar-refractivity contribution is 5.83. The number of benzene rings is 2. The minimum Gasteiger partial charge on any atom is -0.508 e. The van der Waals surface area contributed by atoms with Crippen molar-refractivity contribution in [1.29, 1.82) is 0 Å². The SMILES string of the molecule is Cc1cccc2[nH]c(COc3cccc(O)c3)cc12. The number of phenols is 1. The van der Waals surface area contributed by atoms with Crippen molar-refractivity contribution in [2.45, 2.75) is 13.5 Å². The molecule has 0 radical (unpaired) electrons. The summed E-state index contributed by atoms with van der Waals surface area (Å²) >= 11 is 0. The largest absolute Gasteiger partial charge is 0.508 e. The maximum absolute atomic E-state index is 9.37. The number of hydrogen-bond donors (Lipinski definition) is 2. The fraction of sp³-hybridized carbons (Fsp3) is 0.125. The van der Waals surface area contributed by atoms with E-state index in [4.69, 9.17) is 4.74 Å². The van der Waals surface area contributed by atoms with Crippen LogP contribution in [0, 0.1) is 6.92 Å². The third kappa shape index (κ3) is 2.40. The molecule has 0 unspecified atom stereocenters. The Labute approximate surface area is 111 Å². The van der Waals surface area contributed by atoms with Gasteiger partial charge in [-0.2, -0.15) is 0 Å². The number of aromatic hydroxyl groups is 1. The van der Waals surface area contributed by atoms with Gasteiger partial charge in [-0.05, 0) is 36.8 Å². The number of fused-ring (bicyclic) bond motifs is 1. The van der Waals surface area contributed by atoms with E-state index in [1.807, 2.05) is 12.1 Å². The van der Waals surface area contributed by atoms with Gasteiger partial charge in [-0.3, -0.25) is 0 Å². The average molecular weight is 253 g/mol. The Morgan fingerprint density at radius 3 is 2.74 bits per heavy atom. The molecule has 3 heteroatoms. The molecule has 0 saturated heterocycles. The van der Waals surface area contributed by atoms with Gasteiger partial charge in [-0.15, -0.1) is 0 Å². The third-order valence-corrected chi connectivity index (χ3v) is 3.15. The van der Waals surface area contributed by atoms with Gasteiger partial charge in [0.2, 0.25) is 0 Å². The summed E-state index contributed by atoms with van der Waals surface area (Å²) in [6, 6.07) is 15.1. The van der Waals surface area contributed by atoms with Crippen LogP contribution in [0.1, 0.15) is 11.3 Å². The van der Waals surface area contributed by atoms with Crippen LogP contribution >= 0.6 is 0 Å². The van der Waals surface area contributed by atoms with Crippen LogP contribution in [0.25, 0.3) is 10.9 Å². The summed E-state index contributed by atoms with van der Waals surface area (Å²) in [7, 11) is 0. The Morgan fingerprint density at radius 2 is 1.95 bits per heavy atom. The van der Waals surface area contributed by atoms with Crippen LogP contribution in [0.3, 0.4) is 0 Å². The summed E-state index contributed by atoms with van der Waals surface area (Å²) in [4.78, 5) is 3.33. The summed E-state index contributed by atoms with van der Waals surface area (Å²) in [5.41, 5.74) is 3.39. The van der Waals surface area contributed by atoms with Crippen LogP contribution in [-0.2, 0) is 6.61 Å². The summed E-state index contributed by atoms with van der Waals surface area (Å²) in [5, 5.41) is 10.6. The zero-order chi connectivity index (χ0) is 13.2. The fourth-order valence-corrected chi connectivity index (χ4v) is 2.18. The summed E-state index contributed by atoms with van der Waals surface area (Å²) in [6.45, 7) is 2.55. The molecule has 2 N–H and O–H groups in total. The van der Waals surface area contributed by atoms with Gasteiger partial charge in [0.25, 0.3) is 0 Å². The molecule has 0 aliphatic carbocycles. The highest BCUT2D eigenvalue weighted by Gasteiger charge is 2.03. The topological polar surface area (TPSA) is 45.2 Å². The first-order valence-corrected chi connectivity index (χ1v) is 6.21. The van der Waals surface area contributed by atoms with E-state index in [0.29, 0.717) is 12.4 Å². The molecule has 0 saturated carbocycles. The first kappa shape index (κ1) is 11.7. The first-order valence-electron chi connectivity index (χ1n) is 6.21. The average Bonchev–Trinajstić information content (AvgIpc) is 2.81. The zero-order valence-corrected chi connectivity index (χ0v) is 10.7. The van der Waals surface area contributed by atoms with E-state index >= 15 is 0 Å². The van der Waals surface area contributed by atoms with E-state index in [2.05, 4.69) is 30.1 Å². The normalized spacial score (nSPS) is 10.8. The van der Waals surface area contributed by atoms with Crippen LogP contribution in [0.15, 0.2) is 48.5 Å². The maximum atomic E-state index is 9.37. The maximum Gasteiger partial charge on any atom is 0.128 e. The predicted octanol–water partition coefficient (Wildman–Crippen LogP) is 3.76. The van der Waals surface area contributed by atoms with E-state index in [1.54, 1.807) is 18.2 Å². The van der Waals surface area contributed by atoms with Gasteiger partial charge >= 0.3 is 0 Å². The van der Waals surface area contributed by atoms with Gasteiger partial charge in [-0.25, -0.2) is 0 Å². The molecule has 3 aromatic rings. The number of ether oxygens (including phenoxy) is 1. The second-order valence-electron chi connectivity index (χ2n) is 4.62. The zero-order valence-electron chi connectivity index (χ0n) is 10.7. The van der Waals surface area contributed by atoms with Crippen molar-refractivity contribution in [3.8, 4) is 11.5 Å². The van der Waals surface area contributed by atoms with E-state index < -0.39 is 0 Å². The Morgan fingerprint density at radius 1 is 1.11 bits per heavy atom. The smallest absolute Gasteiger partial charge is 0.128 e. The number of phenolic OH excluding ortho intramolecular Hbond substituents is 1. The van der Waals surface area contributed by atoms with Crippen LogP contribution in [0.4, 0.5) is 0 Å². The van der Waals surface area contributed by atoms with Crippen molar-refractivity contribution in [2.24, 2.45) is 0 Å². The second-order valence-corrected chi connectivity index (χ2v) is 4.62. The summed E-state index contributed by atoms with van der Waals surface area (Å²) < 4.78 is 5.65. The molecule has 0 fully saturated rings. The Balaban J connectivity index is 1.80. The Hall–Kier alpha value is -2.42. The number of aryl methyl sites for hydroxylation is 1. The molecule has 0 spiro atoms. The molecule has 0 amide bonds. The van der Waals surface area contributed by atoms with Gasteiger partial charge in [0.15, 0.2) is 0 Å². The molecular weight excluding hydrogens is 238 g/mol. The van der Waals surface area contributed by atoms with Crippen LogP contribution in [0.5, 0.6) is 11.5 Å². The third-order valence-electron chi connectivity index (χ3n) is 3.15. The number of H-pyrrole nitrogens is 1. The summed E-state index contributed by atoms with van der Waals surface area (Å²) in [6.07, 6.45) is 0. The van der Waals surface area contributed by atoms with Gasteiger partial charge in [0.05, 0.1) is 5.69 Å². The van der Waals surface area contributed by atoms with Crippen molar-refractivity contribution in [3.63, 3.8) is 0 Å². The van der Waals surface area contributed by atoms with E-state index in [9.17, 15) is 5.11 Å². The standard InChI is InChI=1S/C16H15NO2/c1-11-4-2-7-16-15(11)8-12(17-16)10-19-14-6-3-5-13(18)9-14/h2-9,17-18H,10H2,1H3. The molecule has 0 atom stereocenters. The second kappa shape index (κ2) is 4.69. The molecule has 0 bridgehead atoms. The van der Waals surface area contributed by atoms with Crippen molar-refractivity contribution >= 4 is 10.9 Å². The number of aromatic nitrogens is 1. The molecule has 1 aromatic heterocycles. The molecule has 1 heterocycles. The monoisotopic (exact) mass is 253 g/mol. The van der Waals surface area contributed by atoms with E-state index in [0.717, 1.165) is 11.2 Å².